The maximum Gasteiger partial charge on any atom is 0.167 e. The van der Waals surface area contributed by atoms with Crippen LogP contribution in [-0.4, -0.2) is 5.78 Å². The lowest BCUT2D eigenvalue weighted by Crippen LogP contribution is -2.26. The molecule has 0 spiro atoms. The number of Topliss-reactive ketones (excluding diaryl/α,β-unsaturated/α-hetero) is 1. The number of rotatable bonds is 4. The second-order valence-corrected chi connectivity index (χ2v) is 4.96. The van der Waals surface area contributed by atoms with Crippen molar-refractivity contribution in [2.45, 2.75) is 19.9 Å². The number of carbonyl (C=O) groups excluding carboxylic acids is 1. The van der Waals surface area contributed by atoms with Gasteiger partial charge in [-0.25, -0.2) is 0 Å². The van der Waals surface area contributed by atoms with Crippen LogP contribution in [0, 0.1) is 12.8 Å². The Balaban J connectivity index is 2.17. The number of nitrogens with two attached hydrogens (primary N) is 1. The van der Waals surface area contributed by atoms with Crippen molar-refractivity contribution < 1.29 is 4.79 Å². The third-order valence-corrected chi connectivity index (χ3v) is 3.47. The number of hydrogen-bond donors (Lipinski definition) is 1. The van der Waals surface area contributed by atoms with Crippen molar-refractivity contribution in [2.75, 3.05) is 0 Å². The van der Waals surface area contributed by atoms with Gasteiger partial charge < -0.3 is 5.73 Å². The van der Waals surface area contributed by atoms with Gasteiger partial charge >= 0.3 is 0 Å². The molecule has 0 aliphatic carbocycles. The first-order chi connectivity index (χ1) is 9.09. The van der Waals surface area contributed by atoms with E-state index in [1.165, 1.54) is 5.56 Å². The minimum atomic E-state index is -0.270. The van der Waals surface area contributed by atoms with Crippen LogP contribution in [0.2, 0.25) is 0 Å². The molecule has 0 radical (unpaired) electrons. The standard InChI is InChI=1S/C17H19NO/c1-12-8-10-14(11-9-12)16(18)13(2)17(19)15-6-4-3-5-7-15/h3-11,13,16H,18H2,1-2H3/t13-,16+/m0/s1. The highest BCUT2D eigenvalue weighted by Crippen LogP contribution is 2.23. The highest BCUT2D eigenvalue weighted by molar-refractivity contribution is 5.98. The maximum atomic E-state index is 12.3. The predicted molar refractivity (Wildman–Crippen MR) is 78.0 cm³/mol. The first-order valence-electron chi connectivity index (χ1n) is 6.51. The molecule has 0 aliphatic heterocycles. The van der Waals surface area contributed by atoms with Gasteiger partial charge in [0, 0.05) is 17.5 Å². The molecular weight excluding hydrogens is 234 g/mol. The zero-order valence-corrected chi connectivity index (χ0v) is 11.3. The van der Waals surface area contributed by atoms with E-state index in [9.17, 15) is 4.79 Å². The highest BCUT2D eigenvalue weighted by atomic mass is 16.1. The van der Waals surface area contributed by atoms with E-state index in [1.54, 1.807) is 0 Å². The number of hydrogen-bond acceptors (Lipinski definition) is 2. The van der Waals surface area contributed by atoms with E-state index in [-0.39, 0.29) is 17.7 Å². The van der Waals surface area contributed by atoms with Gasteiger partial charge in [0.1, 0.15) is 0 Å². The van der Waals surface area contributed by atoms with Crippen LogP contribution in [0.3, 0.4) is 0 Å². The Morgan fingerprint density at radius 2 is 1.58 bits per heavy atom. The molecule has 2 N–H and O–H groups in total. The van der Waals surface area contributed by atoms with Gasteiger partial charge in [-0.15, -0.1) is 0 Å². The lowest BCUT2D eigenvalue weighted by Gasteiger charge is -2.19. The molecule has 0 amide bonds. The van der Waals surface area contributed by atoms with Gasteiger partial charge in [0.15, 0.2) is 5.78 Å². The van der Waals surface area contributed by atoms with Gasteiger partial charge in [-0.1, -0.05) is 67.1 Å². The molecule has 0 saturated heterocycles. The van der Waals surface area contributed by atoms with Crippen LogP contribution < -0.4 is 5.73 Å². The zero-order valence-electron chi connectivity index (χ0n) is 11.3. The van der Waals surface area contributed by atoms with Gasteiger partial charge in [-0.05, 0) is 12.5 Å². The molecule has 19 heavy (non-hydrogen) atoms. The summed E-state index contributed by atoms with van der Waals surface area (Å²) in [4.78, 5) is 12.3. The second-order valence-electron chi connectivity index (χ2n) is 4.96. The second kappa shape index (κ2) is 5.81. The summed E-state index contributed by atoms with van der Waals surface area (Å²) in [5.41, 5.74) is 9.12. The molecule has 2 aromatic rings. The van der Waals surface area contributed by atoms with Crippen molar-refractivity contribution in [3.8, 4) is 0 Å². The first-order valence-corrected chi connectivity index (χ1v) is 6.51. The van der Waals surface area contributed by atoms with Crippen LogP contribution in [0.25, 0.3) is 0 Å². The van der Waals surface area contributed by atoms with E-state index in [1.807, 2.05) is 68.4 Å². The minimum Gasteiger partial charge on any atom is -0.323 e. The Bertz CT molecular complexity index is 545. The van der Waals surface area contributed by atoms with Crippen molar-refractivity contribution >= 4 is 5.78 Å². The molecule has 2 heteroatoms. The number of ketones is 1. The Morgan fingerprint density at radius 1 is 1.00 bits per heavy atom. The summed E-state index contributed by atoms with van der Waals surface area (Å²) in [6, 6.07) is 17.1. The normalized spacial score (nSPS) is 13.8. The molecule has 0 unspecified atom stereocenters. The van der Waals surface area contributed by atoms with Crippen molar-refractivity contribution in [2.24, 2.45) is 11.7 Å². The third kappa shape index (κ3) is 3.09. The highest BCUT2D eigenvalue weighted by Gasteiger charge is 2.22. The van der Waals surface area contributed by atoms with E-state index in [0.29, 0.717) is 0 Å². The van der Waals surface area contributed by atoms with Gasteiger partial charge in [-0.2, -0.15) is 0 Å². The lowest BCUT2D eigenvalue weighted by atomic mass is 9.88. The summed E-state index contributed by atoms with van der Waals surface area (Å²) in [7, 11) is 0. The fourth-order valence-electron chi connectivity index (χ4n) is 2.11. The van der Waals surface area contributed by atoms with E-state index in [4.69, 9.17) is 5.73 Å². The summed E-state index contributed by atoms with van der Waals surface area (Å²) >= 11 is 0. The van der Waals surface area contributed by atoms with Crippen molar-refractivity contribution in [1.82, 2.24) is 0 Å². The van der Waals surface area contributed by atoms with E-state index in [2.05, 4.69) is 0 Å². The monoisotopic (exact) mass is 253 g/mol. The molecule has 2 atom stereocenters. The molecule has 0 saturated carbocycles. The van der Waals surface area contributed by atoms with E-state index >= 15 is 0 Å². The van der Waals surface area contributed by atoms with Gasteiger partial charge in [-0.3, -0.25) is 4.79 Å². The SMILES string of the molecule is Cc1ccc([C@H](N)[C@H](C)C(=O)c2ccccc2)cc1. The summed E-state index contributed by atoms with van der Waals surface area (Å²) in [5.74, 6) is -0.140. The van der Waals surface area contributed by atoms with Gasteiger partial charge in [0.2, 0.25) is 0 Å². The van der Waals surface area contributed by atoms with Gasteiger partial charge in [0.05, 0.1) is 0 Å². The van der Waals surface area contributed by atoms with E-state index in [0.717, 1.165) is 11.1 Å². The molecule has 2 nitrogen and oxygen atoms in total. The van der Waals surface area contributed by atoms with Crippen molar-refractivity contribution in [3.05, 3.63) is 71.3 Å². The topological polar surface area (TPSA) is 43.1 Å². The average molecular weight is 253 g/mol. The molecule has 98 valence electrons. The van der Waals surface area contributed by atoms with Crippen LogP contribution in [0.1, 0.15) is 34.5 Å². The van der Waals surface area contributed by atoms with Crippen LogP contribution in [0.5, 0.6) is 0 Å². The summed E-state index contributed by atoms with van der Waals surface area (Å²) in [6.45, 7) is 3.92. The fourth-order valence-corrected chi connectivity index (χ4v) is 2.11. The molecule has 2 rings (SSSR count). The quantitative estimate of drug-likeness (QED) is 0.847. The smallest absolute Gasteiger partial charge is 0.167 e. The molecule has 2 aromatic carbocycles. The molecular formula is C17H19NO. The summed E-state index contributed by atoms with van der Waals surface area (Å²) < 4.78 is 0. The number of benzene rings is 2. The number of carbonyl (C=O) groups is 1. The summed E-state index contributed by atoms with van der Waals surface area (Å²) in [6.07, 6.45) is 0. The van der Waals surface area contributed by atoms with Crippen LogP contribution in [0.15, 0.2) is 54.6 Å². The molecule has 0 aliphatic rings. The van der Waals surface area contributed by atoms with Crippen molar-refractivity contribution in [1.29, 1.82) is 0 Å². The molecule has 0 fully saturated rings. The van der Waals surface area contributed by atoms with Gasteiger partial charge in [0.25, 0.3) is 0 Å². The first kappa shape index (κ1) is 13.5. The average Bonchev–Trinajstić information content (AvgIpc) is 2.46. The van der Waals surface area contributed by atoms with Crippen LogP contribution in [0.4, 0.5) is 0 Å². The molecule has 0 aromatic heterocycles. The van der Waals surface area contributed by atoms with E-state index < -0.39 is 0 Å². The largest absolute Gasteiger partial charge is 0.323 e. The fraction of sp³-hybridized carbons (Fsp3) is 0.235. The predicted octanol–water partition coefficient (Wildman–Crippen LogP) is 3.51. The zero-order chi connectivity index (χ0) is 13.8. The third-order valence-electron chi connectivity index (χ3n) is 3.47. The minimum absolute atomic E-state index is 0.0914. The Labute approximate surface area is 114 Å². The number of aryl methyl sites for hydroxylation is 1. The van der Waals surface area contributed by atoms with Crippen LogP contribution >= 0.6 is 0 Å². The van der Waals surface area contributed by atoms with Crippen LogP contribution in [-0.2, 0) is 0 Å². The molecule has 0 bridgehead atoms. The Morgan fingerprint density at radius 3 is 2.16 bits per heavy atom. The Kier molecular flexibility index (Phi) is 4.13. The maximum absolute atomic E-state index is 12.3. The van der Waals surface area contributed by atoms with Crippen molar-refractivity contribution in [3.63, 3.8) is 0 Å². The summed E-state index contributed by atoms with van der Waals surface area (Å²) in [5, 5.41) is 0. The molecule has 0 heterocycles. The Hall–Kier alpha value is -1.93. The lowest BCUT2D eigenvalue weighted by molar-refractivity contribution is 0.0913.